The first-order valence-corrected chi connectivity index (χ1v) is 5.84. The summed E-state index contributed by atoms with van der Waals surface area (Å²) in [5.41, 5.74) is 0.680. The summed E-state index contributed by atoms with van der Waals surface area (Å²) >= 11 is 0.925. The lowest BCUT2D eigenvalue weighted by atomic mass is 10.1. The Hall–Kier alpha value is -1.89. The van der Waals surface area contributed by atoms with Crippen molar-refractivity contribution >= 4 is 17.6 Å². The summed E-state index contributed by atoms with van der Waals surface area (Å²) in [7, 11) is 0. The number of carbonyl (C=O) groups is 1. The third kappa shape index (κ3) is 2.67. The number of halogens is 2. The molecule has 0 saturated carbocycles. The lowest BCUT2D eigenvalue weighted by Crippen LogP contribution is -2.26. The van der Waals surface area contributed by atoms with Gasteiger partial charge in [-0.05, 0) is 24.6 Å². The van der Waals surface area contributed by atoms with E-state index in [0.29, 0.717) is 5.56 Å². The van der Waals surface area contributed by atoms with E-state index in [0.717, 1.165) is 23.9 Å². The highest BCUT2D eigenvalue weighted by Gasteiger charge is 2.14. The highest BCUT2D eigenvalue weighted by molar-refractivity contribution is 6.99. The fraction of sp³-hybridized carbons (Fsp3) is 0.182. The van der Waals surface area contributed by atoms with Crippen molar-refractivity contribution in [2.45, 2.75) is 13.0 Å². The lowest BCUT2D eigenvalue weighted by Gasteiger charge is -2.13. The summed E-state index contributed by atoms with van der Waals surface area (Å²) in [6.07, 6.45) is 1.35. The summed E-state index contributed by atoms with van der Waals surface area (Å²) in [6.45, 7) is 1.67. The van der Waals surface area contributed by atoms with Crippen molar-refractivity contribution in [1.82, 2.24) is 14.1 Å². The number of nitrogens with zero attached hydrogens (tertiary/aromatic N) is 2. The molecule has 7 heteroatoms. The summed E-state index contributed by atoms with van der Waals surface area (Å²) in [5, 5.41) is 2.62. The van der Waals surface area contributed by atoms with Gasteiger partial charge in [-0.1, -0.05) is 6.07 Å². The molecule has 1 unspecified atom stereocenters. The predicted molar refractivity (Wildman–Crippen MR) is 62.1 cm³/mol. The second-order valence-electron chi connectivity index (χ2n) is 3.66. The molecule has 0 radical (unpaired) electrons. The van der Waals surface area contributed by atoms with E-state index < -0.39 is 23.6 Å². The molecular formula is C11H9F2N3OS. The molecule has 0 fully saturated rings. The Balaban J connectivity index is 2.10. The number of hydrogen-bond acceptors (Lipinski definition) is 4. The molecule has 94 valence electrons. The Morgan fingerprint density at radius 3 is 2.78 bits per heavy atom. The van der Waals surface area contributed by atoms with Crippen molar-refractivity contribution in [2.24, 2.45) is 0 Å². The monoisotopic (exact) mass is 269 g/mol. The maximum atomic E-state index is 13.0. The Bertz CT molecular complexity index is 559. The minimum Gasteiger partial charge on any atom is -0.344 e. The van der Waals surface area contributed by atoms with Gasteiger partial charge >= 0.3 is 0 Å². The first kappa shape index (κ1) is 12.6. The van der Waals surface area contributed by atoms with E-state index in [1.807, 2.05) is 0 Å². The fourth-order valence-electron chi connectivity index (χ4n) is 1.40. The van der Waals surface area contributed by atoms with Crippen molar-refractivity contribution < 1.29 is 13.6 Å². The van der Waals surface area contributed by atoms with Crippen LogP contribution in [0, 0.1) is 11.6 Å². The third-order valence-electron chi connectivity index (χ3n) is 2.39. The Morgan fingerprint density at radius 1 is 1.39 bits per heavy atom. The summed E-state index contributed by atoms with van der Waals surface area (Å²) in [4.78, 5) is 11.7. The molecule has 0 spiro atoms. The molecule has 1 aromatic heterocycles. The van der Waals surface area contributed by atoms with Gasteiger partial charge in [0.1, 0.15) is 0 Å². The Morgan fingerprint density at radius 2 is 2.17 bits per heavy atom. The quantitative estimate of drug-likeness (QED) is 0.930. The number of amides is 1. The molecule has 4 nitrogen and oxygen atoms in total. The number of benzene rings is 1. The van der Waals surface area contributed by atoms with E-state index in [2.05, 4.69) is 14.1 Å². The molecular weight excluding hydrogens is 260 g/mol. The predicted octanol–water partition coefficient (Wildman–Crippen LogP) is 2.31. The molecule has 0 aliphatic carbocycles. The van der Waals surface area contributed by atoms with Crippen molar-refractivity contribution in [3.8, 4) is 0 Å². The van der Waals surface area contributed by atoms with Crippen LogP contribution in [0.5, 0.6) is 0 Å². The average Bonchev–Trinajstić information content (AvgIpc) is 2.86. The van der Waals surface area contributed by atoms with E-state index in [4.69, 9.17) is 0 Å². The van der Waals surface area contributed by atoms with Crippen LogP contribution in [0.15, 0.2) is 24.4 Å². The van der Waals surface area contributed by atoms with Crippen LogP contribution in [-0.4, -0.2) is 14.7 Å². The largest absolute Gasteiger partial charge is 0.344 e. The Kier molecular flexibility index (Phi) is 3.61. The molecule has 0 aliphatic rings. The molecule has 0 bridgehead atoms. The standard InChI is InChI=1S/C11H9F2N3OS/c1-6(7-2-3-8(12)9(13)4-7)15-11(17)10-5-14-18-16-10/h2-6H,1H3,(H,15,17). The van der Waals surface area contributed by atoms with Crippen LogP contribution in [0.1, 0.15) is 29.0 Å². The second-order valence-corrected chi connectivity index (χ2v) is 4.22. The molecule has 2 rings (SSSR count). The molecule has 1 amide bonds. The first-order valence-electron chi connectivity index (χ1n) is 5.11. The number of rotatable bonds is 3. The van der Waals surface area contributed by atoms with Gasteiger partial charge in [-0.3, -0.25) is 4.79 Å². The topological polar surface area (TPSA) is 54.9 Å². The van der Waals surface area contributed by atoms with Gasteiger partial charge in [0.2, 0.25) is 0 Å². The molecule has 2 aromatic rings. The van der Waals surface area contributed by atoms with Gasteiger partial charge in [-0.25, -0.2) is 8.78 Å². The zero-order valence-electron chi connectivity index (χ0n) is 9.35. The van der Waals surface area contributed by atoms with Gasteiger partial charge in [0.15, 0.2) is 17.3 Å². The number of aromatic nitrogens is 2. The Labute approximate surface area is 106 Å². The molecule has 1 aromatic carbocycles. The molecule has 1 heterocycles. The van der Waals surface area contributed by atoms with E-state index in [9.17, 15) is 13.6 Å². The average molecular weight is 269 g/mol. The summed E-state index contributed by atoms with van der Waals surface area (Å²) in [6, 6.07) is 3.05. The van der Waals surface area contributed by atoms with Crippen molar-refractivity contribution in [3.05, 3.63) is 47.3 Å². The van der Waals surface area contributed by atoms with Crippen LogP contribution in [0.4, 0.5) is 8.78 Å². The SMILES string of the molecule is CC(NC(=O)c1cnsn1)c1ccc(F)c(F)c1. The van der Waals surface area contributed by atoms with E-state index >= 15 is 0 Å². The first-order chi connectivity index (χ1) is 8.58. The van der Waals surface area contributed by atoms with Crippen LogP contribution in [0.2, 0.25) is 0 Å². The van der Waals surface area contributed by atoms with Gasteiger partial charge in [-0.15, -0.1) is 0 Å². The van der Waals surface area contributed by atoms with Gasteiger partial charge < -0.3 is 5.32 Å². The number of carbonyl (C=O) groups excluding carboxylic acids is 1. The highest BCUT2D eigenvalue weighted by Crippen LogP contribution is 2.16. The van der Waals surface area contributed by atoms with Crippen molar-refractivity contribution in [1.29, 1.82) is 0 Å². The molecule has 1 N–H and O–H groups in total. The molecule has 1 atom stereocenters. The zero-order valence-corrected chi connectivity index (χ0v) is 10.2. The maximum Gasteiger partial charge on any atom is 0.273 e. The molecule has 0 saturated heterocycles. The molecule has 18 heavy (non-hydrogen) atoms. The summed E-state index contributed by atoms with van der Waals surface area (Å²) in [5.74, 6) is -2.26. The lowest BCUT2D eigenvalue weighted by molar-refractivity contribution is 0.0935. The maximum absolute atomic E-state index is 13.0. The zero-order chi connectivity index (χ0) is 13.1. The van der Waals surface area contributed by atoms with Crippen LogP contribution in [0.25, 0.3) is 0 Å². The van der Waals surface area contributed by atoms with Crippen LogP contribution in [0.3, 0.4) is 0 Å². The van der Waals surface area contributed by atoms with Gasteiger partial charge in [0, 0.05) is 0 Å². The molecule has 0 aliphatic heterocycles. The van der Waals surface area contributed by atoms with Gasteiger partial charge in [-0.2, -0.15) is 8.75 Å². The second kappa shape index (κ2) is 5.18. The van der Waals surface area contributed by atoms with Gasteiger partial charge in [0.25, 0.3) is 5.91 Å². The third-order valence-corrected chi connectivity index (χ3v) is 2.86. The van der Waals surface area contributed by atoms with Crippen LogP contribution in [-0.2, 0) is 0 Å². The highest BCUT2D eigenvalue weighted by atomic mass is 32.1. The van der Waals surface area contributed by atoms with Crippen LogP contribution >= 0.6 is 11.7 Å². The van der Waals surface area contributed by atoms with Crippen LogP contribution < -0.4 is 5.32 Å². The van der Waals surface area contributed by atoms with E-state index in [-0.39, 0.29) is 5.69 Å². The normalized spacial score (nSPS) is 12.2. The van der Waals surface area contributed by atoms with Crippen molar-refractivity contribution in [3.63, 3.8) is 0 Å². The minimum absolute atomic E-state index is 0.203. The fourth-order valence-corrected chi connectivity index (χ4v) is 1.81. The van der Waals surface area contributed by atoms with E-state index in [1.54, 1.807) is 6.92 Å². The number of hydrogen-bond donors (Lipinski definition) is 1. The summed E-state index contributed by atoms with van der Waals surface area (Å²) < 4.78 is 33.3. The smallest absolute Gasteiger partial charge is 0.273 e. The minimum atomic E-state index is -0.941. The number of nitrogens with one attached hydrogen (secondary N) is 1. The van der Waals surface area contributed by atoms with Gasteiger partial charge in [0.05, 0.1) is 24.0 Å². The van der Waals surface area contributed by atoms with Crippen molar-refractivity contribution in [2.75, 3.05) is 0 Å². The van der Waals surface area contributed by atoms with E-state index in [1.165, 1.54) is 12.3 Å².